The maximum Gasteiger partial charge on any atom is 0.238 e. The molecule has 1 aromatic rings. The Morgan fingerprint density at radius 2 is 2.10 bits per heavy atom. The van der Waals surface area contributed by atoms with Crippen molar-refractivity contribution in [1.29, 1.82) is 0 Å². The molecule has 21 heavy (non-hydrogen) atoms. The van der Waals surface area contributed by atoms with Crippen LogP contribution < -0.4 is 10.6 Å². The van der Waals surface area contributed by atoms with Crippen LogP contribution >= 0.6 is 23.2 Å². The van der Waals surface area contributed by atoms with Gasteiger partial charge in [-0.2, -0.15) is 0 Å². The summed E-state index contributed by atoms with van der Waals surface area (Å²) in [5, 5.41) is 7.30. The second-order valence-electron chi connectivity index (χ2n) is 5.81. The van der Waals surface area contributed by atoms with Gasteiger partial charge in [-0.1, -0.05) is 29.3 Å². The van der Waals surface area contributed by atoms with Gasteiger partial charge in [0, 0.05) is 25.2 Å². The van der Waals surface area contributed by atoms with E-state index in [-0.39, 0.29) is 5.91 Å². The van der Waals surface area contributed by atoms with Crippen LogP contribution in [0.2, 0.25) is 10.0 Å². The minimum absolute atomic E-state index is 0.0445. The molecule has 6 heteroatoms. The van der Waals surface area contributed by atoms with Crippen LogP contribution in [0.1, 0.15) is 19.3 Å². The molecule has 2 aliphatic heterocycles. The maximum atomic E-state index is 12.2. The van der Waals surface area contributed by atoms with Crippen molar-refractivity contribution >= 4 is 34.8 Å². The third-order valence-corrected chi connectivity index (χ3v) is 5.02. The number of carbonyl (C=O) groups is 1. The van der Waals surface area contributed by atoms with Gasteiger partial charge in [-0.3, -0.25) is 9.69 Å². The first kappa shape index (κ1) is 15.1. The highest BCUT2D eigenvalue weighted by Crippen LogP contribution is 2.29. The van der Waals surface area contributed by atoms with Crippen molar-refractivity contribution in [2.75, 3.05) is 25.0 Å². The first-order valence-electron chi connectivity index (χ1n) is 7.34. The van der Waals surface area contributed by atoms with Crippen LogP contribution in [-0.4, -0.2) is 42.5 Å². The molecule has 2 atom stereocenters. The highest BCUT2D eigenvalue weighted by atomic mass is 35.5. The number of hydrogen-bond acceptors (Lipinski definition) is 3. The Morgan fingerprint density at radius 3 is 2.95 bits per heavy atom. The summed E-state index contributed by atoms with van der Waals surface area (Å²) >= 11 is 12.0. The minimum atomic E-state index is -0.0445. The Kier molecular flexibility index (Phi) is 4.69. The van der Waals surface area contributed by atoms with Crippen LogP contribution in [0.3, 0.4) is 0 Å². The van der Waals surface area contributed by atoms with E-state index in [1.165, 1.54) is 12.8 Å². The fraction of sp³-hybridized carbons (Fsp3) is 0.533. The fourth-order valence-corrected chi connectivity index (χ4v) is 3.50. The monoisotopic (exact) mass is 327 g/mol. The SMILES string of the molecule is O=C(CN1CCC2CCC(C1)N2)Nc1cccc(Cl)c1Cl. The van der Waals surface area contributed by atoms with E-state index >= 15 is 0 Å². The molecule has 3 rings (SSSR count). The first-order chi connectivity index (χ1) is 10.1. The second-order valence-corrected chi connectivity index (χ2v) is 6.60. The summed E-state index contributed by atoms with van der Waals surface area (Å²) in [5.41, 5.74) is 0.573. The molecular weight excluding hydrogens is 309 g/mol. The van der Waals surface area contributed by atoms with Crippen LogP contribution in [0.15, 0.2) is 18.2 Å². The summed E-state index contributed by atoms with van der Waals surface area (Å²) in [5.74, 6) is -0.0445. The number of nitrogens with zero attached hydrogens (tertiary/aromatic N) is 1. The number of carbonyl (C=O) groups excluding carboxylic acids is 1. The highest BCUT2D eigenvalue weighted by Gasteiger charge is 2.29. The predicted octanol–water partition coefficient (Wildman–Crippen LogP) is 2.76. The van der Waals surface area contributed by atoms with Crippen molar-refractivity contribution in [3.05, 3.63) is 28.2 Å². The van der Waals surface area contributed by atoms with E-state index < -0.39 is 0 Å². The number of halogens is 2. The molecule has 2 aliphatic rings. The van der Waals surface area contributed by atoms with Gasteiger partial charge < -0.3 is 10.6 Å². The average Bonchev–Trinajstić information content (AvgIpc) is 2.78. The van der Waals surface area contributed by atoms with Gasteiger partial charge in [0.2, 0.25) is 5.91 Å². The molecule has 0 aliphatic carbocycles. The number of likely N-dealkylation sites (tertiary alicyclic amines) is 1. The van der Waals surface area contributed by atoms with Crippen molar-refractivity contribution in [3.63, 3.8) is 0 Å². The van der Waals surface area contributed by atoms with Gasteiger partial charge in [0.15, 0.2) is 0 Å². The lowest BCUT2D eigenvalue weighted by Gasteiger charge is -2.23. The molecule has 114 valence electrons. The zero-order chi connectivity index (χ0) is 14.8. The molecule has 2 saturated heterocycles. The molecule has 2 unspecified atom stereocenters. The third kappa shape index (κ3) is 3.69. The summed E-state index contributed by atoms with van der Waals surface area (Å²) in [7, 11) is 0. The number of hydrogen-bond donors (Lipinski definition) is 2. The minimum Gasteiger partial charge on any atom is -0.324 e. The van der Waals surface area contributed by atoms with E-state index in [1.807, 2.05) is 0 Å². The molecule has 0 radical (unpaired) electrons. The Labute approximate surface area is 134 Å². The van der Waals surface area contributed by atoms with Gasteiger partial charge in [-0.25, -0.2) is 0 Å². The second kappa shape index (κ2) is 6.53. The van der Waals surface area contributed by atoms with Gasteiger partial charge >= 0.3 is 0 Å². The molecule has 0 aromatic heterocycles. The largest absolute Gasteiger partial charge is 0.324 e. The molecule has 2 heterocycles. The number of anilines is 1. The molecule has 1 amide bonds. The molecular formula is C15H19Cl2N3O. The smallest absolute Gasteiger partial charge is 0.238 e. The Balaban J connectivity index is 1.57. The van der Waals surface area contributed by atoms with E-state index in [1.54, 1.807) is 18.2 Å². The molecule has 4 nitrogen and oxygen atoms in total. The maximum absolute atomic E-state index is 12.2. The quantitative estimate of drug-likeness (QED) is 0.897. The number of nitrogens with one attached hydrogen (secondary N) is 2. The third-order valence-electron chi connectivity index (χ3n) is 4.20. The van der Waals surface area contributed by atoms with E-state index in [4.69, 9.17) is 23.2 Å². The molecule has 2 bridgehead atoms. The number of benzene rings is 1. The number of fused-ring (bicyclic) bond motifs is 2. The molecule has 2 fully saturated rings. The van der Waals surface area contributed by atoms with Crippen molar-refractivity contribution in [1.82, 2.24) is 10.2 Å². The summed E-state index contributed by atoms with van der Waals surface area (Å²) in [6, 6.07) is 6.40. The standard InChI is InChI=1S/C15H19Cl2N3O/c16-12-2-1-3-13(15(12)17)19-14(21)9-20-7-6-10-4-5-11(8-20)18-10/h1-3,10-11,18H,4-9H2,(H,19,21). The molecule has 2 N–H and O–H groups in total. The summed E-state index contributed by atoms with van der Waals surface area (Å²) in [6.07, 6.45) is 3.59. The summed E-state index contributed by atoms with van der Waals surface area (Å²) in [6.45, 7) is 2.30. The van der Waals surface area contributed by atoms with Crippen molar-refractivity contribution < 1.29 is 4.79 Å². The Hall–Kier alpha value is -0.810. The van der Waals surface area contributed by atoms with E-state index in [9.17, 15) is 4.79 Å². The van der Waals surface area contributed by atoms with Gasteiger partial charge in [-0.05, 0) is 31.4 Å². The van der Waals surface area contributed by atoms with Crippen LogP contribution in [0.4, 0.5) is 5.69 Å². The van der Waals surface area contributed by atoms with Crippen LogP contribution in [-0.2, 0) is 4.79 Å². The van der Waals surface area contributed by atoms with Gasteiger partial charge in [0.05, 0.1) is 22.3 Å². The number of rotatable bonds is 3. The van der Waals surface area contributed by atoms with Gasteiger partial charge in [-0.15, -0.1) is 0 Å². The lowest BCUT2D eigenvalue weighted by atomic mass is 10.1. The van der Waals surface area contributed by atoms with Gasteiger partial charge in [0.25, 0.3) is 0 Å². The van der Waals surface area contributed by atoms with Crippen molar-refractivity contribution in [2.45, 2.75) is 31.3 Å². The zero-order valence-corrected chi connectivity index (χ0v) is 13.3. The van der Waals surface area contributed by atoms with Gasteiger partial charge in [0.1, 0.15) is 0 Å². The predicted molar refractivity (Wildman–Crippen MR) is 86.1 cm³/mol. The molecule has 1 aromatic carbocycles. The van der Waals surface area contributed by atoms with Crippen molar-refractivity contribution in [3.8, 4) is 0 Å². The lowest BCUT2D eigenvalue weighted by molar-refractivity contribution is -0.117. The van der Waals surface area contributed by atoms with E-state index in [2.05, 4.69) is 15.5 Å². The van der Waals surface area contributed by atoms with E-state index in [0.29, 0.717) is 34.4 Å². The van der Waals surface area contributed by atoms with Crippen LogP contribution in [0.5, 0.6) is 0 Å². The average molecular weight is 328 g/mol. The molecule has 0 spiro atoms. The molecule has 0 saturated carbocycles. The van der Waals surface area contributed by atoms with E-state index in [0.717, 1.165) is 19.5 Å². The highest BCUT2D eigenvalue weighted by molar-refractivity contribution is 6.43. The summed E-state index contributed by atoms with van der Waals surface area (Å²) < 4.78 is 0. The zero-order valence-electron chi connectivity index (χ0n) is 11.7. The Bertz CT molecular complexity index is 538. The summed E-state index contributed by atoms with van der Waals surface area (Å²) in [4.78, 5) is 14.4. The normalized spacial score (nSPS) is 25.6. The van der Waals surface area contributed by atoms with Crippen molar-refractivity contribution in [2.24, 2.45) is 0 Å². The fourth-order valence-electron chi connectivity index (χ4n) is 3.15. The van der Waals surface area contributed by atoms with Crippen LogP contribution in [0, 0.1) is 0 Å². The lowest BCUT2D eigenvalue weighted by Crippen LogP contribution is -2.39. The Morgan fingerprint density at radius 1 is 1.29 bits per heavy atom. The topological polar surface area (TPSA) is 44.4 Å². The number of amides is 1. The van der Waals surface area contributed by atoms with Crippen LogP contribution in [0.25, 0.3) is 0 Å². The first-order valence-corrected chi connectivity index (χ1v) is 8.09.